The van der Waals surface area contributed by atoms with Gasteiger partial charge >= 0.3 is 0 Å². The number of hydrogen-bond acceptors (Lipinski definition) is 4. The molecule has 0 heterocycles. The molecule has 1 aromatic carbocycles. The van der Waals surface area contributed by atoms with Crippen molar-refractivity contribution in [2.75, 3.05) is 5.73 Å². The smallest absolute Gasteiger partial charge is 0.159 e. The van der Waals surface area contributed by atoms with Crippen LogP contribution in [0.4, 0.5) is 5.69 Å². The zero-order chi connectivity index (χ0) is 26.7. The van der Waals surface area contributed by atoms with Crippen LogP contribution in [0, 0.1) is 69.0 Å². The van der Waals surface area contributed by atoms with E-state index < -0.39 is 0 Å². The minimum atomic E-state index is -0.245. The molecule has 0 spiro atoms. The van der Waals surface area contributed by atoms with Gasteiger partial charge in [0.25, 0.3) is 0 Å². The molecule has 0 amide bonds. The average Bonchev–Trinajstić information content (AvgIpc) is 3.20. The van der Waals surface area contributed by atoms with E-state index in [-0.39, 0.29) is 16.9 Å². The Bertz CT molecular complexity index is 1230. The summed E-state index contributed by atoms with van der Waals surface area (Å²) in [4.78, 5) is 13.8. The molecule has 4 nitrogen and oxygen atoms in total. The first-order valence-electron chi connectivity index (χ1n) is 14.6. The summed E-state index contributed by atoms with van der Waals surface area (Å²) in [6, 6.07) is 6.26. The van der Waals surface area contributed by atoms with Gasteiger partial charge < -0.3 is 5.73 Å². The van der Waals surface area contributed by atoms with Crippen LogP contribution in [0.5, 0.6) is 0 Å². The van der Waals surface area contributed by atoms with Gasteiger partial charge in [-0.15, -0.1) is 0 Å². The fourth-order valence-electron chi connectivity index (χ4n) is 9.54. The Balaban J connectivity index is 1.45. The maximum atomic E-state index is 13.8. The molecule has 0 aromatic heterocycles. The second kappa shape index (κ2) is 9.31. The lowest BCUT2D eigenvalue weighted by Crippen LogP contribution is -2.53. The highest BCUT2D eigenvalue weighted by Crippen LogP contribution is 2.67. The number of rotatable bonds is 5. The summed E-state index contributed by atoms with van der Waals surface area (Å²) in [5.74, 6) is 4.06. The van der Waals surface area contributed by atoms with Gasteiger partial charge in [-0.3, -0.25) is 4.79 Å². The highest BCUT2D eigenvalue weighted by Gasteiger charge is 2.61. The number of nitrogens with two attached hydrogens (primary N) is 1. The molecule has 4 aliphatic rings. The Labute approximate surface area is 223 Å². The zero-order valence-electron chi connectivity index (χ0n) is 23.4. The van der Waals surface area contributed by atoms with Gasteiger partial charge in [0.2, 0.25) is 0 Å². The molecule has 0 bridgehead atoms. The number of benzene rings is 1. The van der Waals surface area contributed by atoms with Gasteiger partial charge in [0.1, 0.15) is 12.1 Å². The number of carbonyl (C=O) groups excluding carboxylic acids is 1. The van der Waals surface area contributed by atoms with Crippen LogP contribution in [0.2, 0.25) is 0 Å². The van der Waals surface area contributed by atoms with Crippen LogP contribution in [0.15, 0.2) is 11.6 Å². The van der Waals surface area contributed by atoms with E-state index in [0.29, 0.717) is 47.1 Å². The number of fused-ring (bicyclic) bond motifs is 6. The molecular formula is C33H43N3O. The van der Waals surface area contributed by atoms with Crippen LogP contribution in [0.25, 0.3) is 6.08 Å². The lowest BCUT2D eigenvalue weighted by Gasteiger charge is -2.58. The highest BCUT2D eigenvalue weighted by molar-refractivity contribution is 6.03. The molecule has 3 fully saturated rings. The SMILES string of the molecule is CC(C)CCC[C@@H](C)[C@H]1CC[C@H]2[C@@H]3CC(=O)C4=Cc5c(cc(C#N)c(N)c5C#N)C[C@]4(C)[C@H]3CC[C@]12C. The largest absolute Gasteiger partial charge is 0.397 e. The quantitative estimate of drug-likeness (QED) is 0.428. The molecule has 3 saturated carbocycles. The first-order valence-corrected chi connectivity index (χ1v) is 14.6. The summed E-state index contributed by atoms with van der Waals surface area (Å²) in [5, 5.41) is 19.5. The number of carbonyl (C=O) groups is 1. The topological polar surface area (TPSA) is 90.7 Å². The molecular weight excluding hydrogens is 454 g/mol. The van der Waals surface area contributed by atoms with Crippen molar-refractivity contribution in [3.8, 4) is 12.1 Å². The second-order valence-corrected chi connectivity index (χ2v) is 13.7. The Morgan fingerprint density at radius 2 is 1.84 bits per heavy atom. The van der Waals surface area contributed by atoms with Crippen molar-refractivity contribution < 1.29 is 4.79 Å². The Hall–Kier alpha value is -2.59. The summed E-state index contributed by atoms with van der Waals surface area (Å²) in [5.41, 5.74) is 9.86. The van der Waals surface area contributed by atoms with E-state index in [4.69, 9.17) is 5.73 Å². The van der Waals surface area contributed by atoms with Crippen molar-refractivity contribution >= 4 is 17.5 Å². The van der Waals surface area contributed by atoms with Crippen LogP contribution in [-0.4, -0.2) is 5.78 Å². The maximum Gasteiger partial charge on any atom is 0.159 e. The van der Waals surface area contributed by atoms with E-state index in [2.05, 4.69) is 46.8 Å². The fourth-order valence-corrected chi connectivity index (χ4v) is 9.54. The third-order valence-corrected chi connectivity index (χ3v) is 11.4. The predicted octanol–water partition coefficient (Wildman–Crippen LogP) is 7.45. The number of nitriles is 2. The van der Waals surface area contributed by atoms with E-state index in [1.54, 1.807) is 0 Å². The number of nitrogens with zero attached hydrogens (tertiary/aromatic N) is 2. The summed E-state index contributed by atoms with van der Waals surface area (Å²) in [6.07, 6.45) is 12.3. The molecule has 0 unspecified atom stereocenters. The first-order chi connectivity index (χ1) is 17.5. The number of nitrogen functional groups attached to an aromatic ring is 1. The monoisotopic (exact) mass is 497 g/mol. The average molecular weight is 498 g/mol. The number of anilines is 1. The van der Waals surface area contributed by atoms with E-state index in [9.17, 15) is 15.3 Å². The van der Waals surface area contributed by atoms with E-state index in [0.717, 1.165) is 40.9 Å². The Kier molecular flexibility index (Phi) is 6.55. The van der Waals surface area contributed by atoms with Crippen molar-refractivity contribution in [2.24, 2.45) is 46.3 Å². The summed E-state index contributed by atoms with van der Waals surface area (Å²) in [7, 11) is 0. The van der Waals surface area contributed by atoms with Crippen molar-refractivity contribution in [2.45, 2.75) is 92.4 Å². The summed E-state index contributed by atoms with van der Waals surface area (Å²) in [6.45, 7) is 12.0. The molecule has 5 rings (SSSR count). The van der Waals surface area contributed by atoms with E-state index in [1.807, 2.05) is 12.1 Å². The standard InChI is InChI=1S/C33H43N3O/c1-19(2)7-6-8-20(3)26-9-10-27-24-15-30(37)29-14-23-21(13-22(17-34)31(36)25(23)18-35)16-33(29,5)28(24)11-12-32(26,27)4/h13-14,19-20,24,26-28H,6-12,15-16,36H2,1-5H3/t20-,24+,26-,27+,28+,32-,33-/m1/s1. The van der Waals surface area contributed by atoms with Gasteiger partial charge in [-0.25, -0.2) is 0 Å². The van der Waals surface area contributed by atoms with Crippen LogP contribution in [0.3, 0.4) is 0 Å². The molecule has 0 saturated heterocycles. The molecule has 4 aliphatic carbocycles. The van der Waals surface area contributed by atoms with Crippen LogP contribution in [0.1, 0.15) is 108 Å². The summed E-state index contributed by atoms with van der Waals surface area (Å²) < 4.78 is 0. The molecule has 2 N–H and O–H groups in total. The first kappa shape index (κ1) is 26.0. The van der Waals surface area contributed by atoms with Crippen molar-refractivity contribution in [1.82, 2.24) is 0 Å². The van der Waals surface area contributed by atoms with Crippen molar-refractivity contribution in [3.63, 3.8) is 0 Å². The fraction of sp³-hybridized carbons (Fsp3) is 0.667. The molecule has 37 heavy (non-hydrogen) atoms. The highest BCUT2D eigenvalue weighted by atomic mass is 16.1. The van der Waals surface area contributed by atoms with Gasteiger partial charge in [-0.2, -0.15) is 10.5 Å². The zero-order valence-corrected chi connectivity index (χ0v) is 23.4. The molecule has 196 valence electrons. The van der Waals surface area contributed by atoms with E-state index >= 15 is 0 Å². The second-order valence-electron chi connectivity index (χ2n) is 13.7. The molecule has 4 heteroatoms. The van der Waals surface area contributed by atoms with E-state index in [1.165, 1.54) is 38.5 Å². The van der Waals surface area contributed by atoms with Crippen LogP contribution >= 0.6 is 0 Å². The Morgan fingerprint density at radius 3 is 2.51 bits per heavy atom. The van der Waals surface area contributed by atoms with Gasteiger partial charge in [0.05, 0.1) is 16.8 Å². The molecule has 7 atom stereocenters. The maximum absolute atomic E-state index is 13.8. The number of hydrogen-bond donors (Lipinski definition) is 1. The van der Waals surface area contributed by atoms with Crippen molar-refractivity contribution in [1.29, 1.82) is 10.5 Å². The Morgan fingerprint density at radius 1 is 1.08 bits per heavy atom. The van der Waals surface area contributed by atoms with Gasteiger partial charge in [-0.05, 0) is 96.3 Å². The minimum Gasteiger partial charge on any atom is -0.397 e. The lowest BCUT2D eigenvalue weighted by atomic mass is 9.46. The molecule has 0 radical (unpaired) electrons. The van der Waals surface area contributed by atoms with Gasteiger partial charge in [0, 0.05) is 17.4 Å². The third-order valence-electron chi connectivity index (χ3n) is 11.4. The minimum absolute atomic E-state index is 0.235. The molecule has 1 aromatic rings. The summed E-state index contributed by atoms with van der Waals surface area (Å²) >= 11 is 0. The molecule has 0 aliphatic heterocycles. The van der Waals surface area contributed by atoms with Gasteiger partial charge in [-0.1, -0.05) is 53.9 Å². The third kappa shape index (κ3) is 3.94. The number of ketones is 1. The van der Waals surface area contributed by atoms with Gasteiger partial charge in [0.15, 0.2) is 5.78 Å². The normalized spacial score (nSPS) is 34.9. The van der Waals surface area contributed by atoms with Crippen LogP contribution < -0.4 is 5.73 Å². The number of allylic oxidation sites excluding steroid dienone is 1. The van der Waals surface area contributed by atoms with Crippen LogP contribution in [-0.2, 0) is 11.2 Å². The number of Topliss-reactive ketones (excluding diaryl/α,β-unsaturated/α-hetero) is 1. The predicted molar refractivity (Wildman–Crippen MR) is 148 cm³/mol. The lowest BCUT2D eigenvalue weighted by molar-refractivity contribution is -0.128. The van der Waals surface area contributed by atoms with Crippen molar-refractivity contribution in [3.05, 3.63) is 33.9 Å².